The minimum Gasteiger partial charge on any atom is -0.378 e. The summed E-state index contributed by atoms with van der Waals surface area (Å²) in [5.74, 6) is 2.41. The van der Waals surface area contributed by atoms with Gasteiger partial charge in [-0.05, 0) is 56.3 Å². The summed E-state index contributed by atoms with van der Waals surface area (Å²) in [5, 5.41) is 0.402. The summed E-state index contributed by atoms with van der Waals surface area (Å²) >= 11 is 6.48. The van der Waals surface area contributed by atoms with E-state index in [2.05, 4.69) is 13.8 Å². The van der Waals surface area contributed by atoms with Crippen LogP contribution in [-0.2, 0) is 4.74 Å². The van der Waals surface area contributed by atoms with E-state index >= 15 is 0 Å². The molecule has 4 atom stereocenters. The Morgan fingerprint density at radius 3 is 2.69 bits per heavy atom. The molecule has 0 N–H and O–H groups in total. The van der Waals surface area contributed by atoms with Crippen LogP contribution in [0, 0.1) is 17.8 Å². The van der Waals surface area contributed by atoms with Crippen LogP contribution in [0.2, 0.25) is 0 Å². The average Bonchev–Trinajstić information content (AvgIpc) is 2.73. The van der Waals surface area contributed by atoms with Gasteiger partial charge in [-0.3, -0.25) is 0 Å². The standard InChI is InChI=1S/C14H25ClO/c1-10(2)11-5-6-14(15)12(8-11)9-13-4-3-7-16-13/h10-14H,3-9H2,1-2H3. The minimum atomic E-state index is 0.402. The van der Waals surface area contributed by atoms with Crippen molar-refractivity contribution in [2.75, 3.05) is 6.61 Å². The third-order valence-electron chi connectivity index (χ3n) is 4.46. The second-order valence-electron chi connectivity index (χ2n) is 5.96. The number of rotatable bonds is 3. The highest BCUT2D eigenvalue weighted by atomic mass is 35.5. The third-order valence-corrected chi connectivity index (χ3v) is 5.04. The van der Waals surface area contributed by atoms with Crippen molar-refractivity contribution in [3.8, 4) is 0 Å². The first-order valence-corrected chi connectivity index (χ1v) is 7.36. The first-order valence-electron chi connectivity index (χ1n) is 6.92. The molecule has 1 nitrogen and oxygen atoms in total. The van der Waals surface area contributed by atoms with E-state index in [9.17, 15) is 0 Å². The van der Waals surface area contributed by atoms with Crippen molar-refractivity contribution in [3.05, 3.63) is 0 Å². The van der Waals surface area contributed by atoms with Crippen molar-refractivity contribution < 1.29 is 4.74 Å². The number of halogens is 1. The van der Waals surface area contributed by atoms with Gasteiger partial charge >= 0.3 is 0 Å². The monoisotopic (exact) mass is 244 g/mol. The van der Waals surface area contributed by atoms with Crippen LogP contribution in [0.4, 0.5) is 0 Å². The number of hydrogen-bond acceptors (Lipinski definition) is 1. The number of ether oxygens (including phenoxy) is 1. The maximum atomic E-state index is 6.48. The van der Waals surface area contributed by atoms with Crippen LogP contribution in [0.1, 0.15) is 52.4 Å². The zero-order valence-corrected chi connectivity index (χ0v) is 11.4. The highest BCUT2D eigenvalue weighted by Gasteiger charge is 2.33. The largest absolute Gasteiger partial charge is 0.378 e. The van der Waals surface area contributed by atoms with Crippen molar-refractivity contribution in [2.45, 2.75) is 63.9 Å². The number of hydrogen-bond donors (Lipinski definition) is 0. The summed E-state index contributed by atoms with van der Waals surface area (Å²) in [6.45, 7) is 5.67. The van der Waals surface area contributed by atoms with Crippen LogP contribution in [-0.4, -0.2) is 18.1 Å². The molecule has 1 saturated carbocycles. The second kappa shape index (κ2) is 5.73. The van der Waals surface area contributed by atoms with E-state index in [0.29, 0.717) is 17.4 Å². The molecule has 2 heteroatoms. The van der Waals surface area contributed by atoms with E-state index in [1.54, 1.807) is 0 Å². The molecule has 2 rings (SSSR count). The molecule has 16 heavy (non-hydrogen) atoms. The fourth-order valence-electron chi connectivity index (χ4n) is 3.28. The molecule has 0 aromatic carbocycles. The quantitative estimate of drug-likeness (QED) is 0.675. The lowest BCUT2D eigenvalue weighted by atomic mass is 9.74. The Kier molecular flexibility index (Phi) is 4.55. The summed E-state index contributed by atoms with van der Waals surface area (Å²) in [5.41, 5.74) is 0. The molecule has 94 valence electrons. The van der Waals surface area contributed by atoms with Gasteiger partial charge < -0.3 is 4.74 Å². The number of alkyl halides is 1. The molecule has 1 heterocycles. The molecule has 4 unspecified atom stereocenters. The van der Waals surface area contributed by atoms with Crippen molar-refractivity contribution in [1.82, 2.24) is 0 Å². The van der Waals surface area contributed by atoms with Crippen molar-refractivity contribution in [1.29, 1.82) is 0 Å². The van der Waals surface area contributed by atoms with Crippen LogP contribution in [0.5, 0.6) is 0 Å². The van der Waals surface area contributed by atoms with E-state index in [0.717, 1.165) is 18.4 Å². The lowest BCUT2D eigenvalue weighted by Gasteiger charge is -2.36. The van der Waals surface area contributed by atoms with Crippen molar-refractivity contribution >= 4 is 11.6 Å². The van der Waals surface area contributed by atoms with Gasteiger partial charge in [0, 0.05) is 12.0 Å². The Morgan fingerprint density at radius 2 is 2.06 bits per heavy atom. The highest BCUT2D eigenvalue weighted by molar-refractivity contribution is 6.20. The first kappa shape index (κ1) is 12.7. The fourth-order valence-corrected chi connectivity index (χ4v) is 3.61. The van der Waals surface area contributed by atoms with Gasteiger partial charge in [-0.25, -0.2) is 0 Å². The van der Waals surface area contributed by atoms with E-state index in [1.807, 2.05) is 0 Å². The molecule has 2 aliphatic rings. The summed E-state index contributed by atoms with van der Waals surface area (Å²) in [4.78, 5) is 0. The molecule has 0 aromatic heterocycles. The summed E-state index contributed by atoms with van der Waals surface area (Å²) in [6, 6.07) is 0. The Labute approximate surface area is 105 Å². The smallest absolute Gasteiger partial charge is 0.0579 e. The fraction of sp³-hybridized carbons (Fsp3) is 1.00. The van der Waals surface area contributed by atoms with E-state index in [1.165, 1.54) is 38.5 Å². The third kappa shape index (κ3) is 3.13. The van der Waals surface area contributed by atoms with Crippen LogP contribution in [0.15, 0.2) is 0 Å². The van der Waals surface area contributed by atoms with Crippen LogP contribution in [0.25, 0.3) is 0 Å². The second-order valence-corrected chi connectivity index (χ2v) is 6.52. The van der Waals surface area contributed by atoms with Crippen LogP contribution < -0.4 is 0 Å². The topological polar surface area (TPSA) is 9.23 Å². The predicted molar refractivity (Wildman–Crippen MR) is 68.9 cm³/mol. The Balaban J connectivity index is 1.85. The maximum absolute atomic E-state index is 6.48. The molecule has 0 aromatic rings. The maximum Gasteiger partial charge on any atom is 0.0579 e. The molecule has 0 spiro atoms. The van der Waals surface area contributed by atoms with E-state index in [-0.39, 0.29) is 0 Å². The zero-order chi connectivity index (χ0) is 11.5. The van der Waals surface area contributed by atoms with Gasteiger partial charge in [0.2, 0.25) is 0 Å². The van der Waals surface area contributed by atoms with Gasteiger partial charge in [0.25, 0.3) is 0 Å². The molecule has 1 saturated heterocycles. The van der Waals surface area contributed by atoms with Crippen molar-refractivity contribution in [3.63, 3.8) is 0 Å². The van der Waals surface area contributed by atoms with Gasteiger partial charge in [-0.2, -0.15) is 0 Å². The molecule has 0 bridgehead atoms. The normalized spacial score (nSPS) is 40.5. The Hall–Kier alpha value is 0.250. The first-order chi connectivity index (χ1) is 7.66. The zero-order valence-electron chi connectivity index (χ0n) is 10.6. The van der Waals surface area contributed by atoms with Gasteiger partial charge in [0.05, 0.1) is 6.10 Å². The minimum absolute atomic E-state index is 0.402. The van der Waals surface area contributed by atoms with Gasteiger partial charge in [-0.15, -0.1) is 11.6 Å². The summed E-state index contributed by atoms with van der Waals surface area (Å²) in [7, 11) is 0. The van der Waals surface area contributed by atoms with Crippen LogP contribution >= 0.6 is 11.6 Å². The average molecular weight is 245 g/mol. The molecule has 0 radical (unpaired) electrons. The lowest BCUT2D eigenvalue weighted by Crippen LogP contribution is -2.30. The van der Waals surface area contributed by atoms with Gasteiger partial charge in [-0.1, -0.05) is 13.8 Å². The van der Waals surface area contributed by atoms with E-state index < -0.39 is 0 Å². The van der Waals surface area contributed by atoms with E-state index in [4.69, 9.17) is 16.3 Å². The molecule has 2 fully saturated rings. The lowest BCUT2D eigenvalue weighted by molar-refractivity contribution is 0.0749. The highest BCUT2D eigenvalue weighted by Crippen LogP contribution is 2.39. The summed E-state index contributed by atoms with van der Waals surface area (Å²) in [6.07, 6.45) is 8.08. The molecular weight excluding hydrogens is 220 g/mol. The molecule has 0 amide bonds. The van der Waals surface area contributed by atoms with Crippen molar-refractivity contribution in [2.24, 2.45) is 17.8 Å². The van der Waals surface area contributed by atoms with Gasteiger partial charge in [0.1, 0.15) is 0 Å². The Morgan fingerprint density at radius 1 is 1.25 bits per heavy atom. The predicted octanol–water partition coefficient (Wildman–Crippen LogP) is 4.24. The molecule has 1 aliphatic carbocycles. The van der Waals surface area contributed by atoms with Gasteiger partial charge in [0.15, 0.2) is 0 Å². The molecule has 1 aliphatic heterocycles. The molecular formula is C14H25ClO. The SMILES string of the molecule is CC(C)C1CCC(Cl)C(CC2CCCO2)C1. The Bertz CT molecular complexity index is 209. The van der Waals surface area contributed by atoms with Crippen LogP contribution in [0.3, 0.4) is 0 Å². The summed E-state index contributed by atoms with van der Waals surface area (Å²) < 4.78 is 5.74.